The molecule has 0 unspecified atom stereocenters. The van der Waals surface area contributed by atoms with E-state index in [1.165, 1.54) is 5.56 Å². The molecule has 0 aliphatic carbocycles. The second-order valence-corrected chi connectivity index (χ2v) is 8.52. The van der Waals surface area contributed by atoms with Crippen LogP contribution in [0.15, 0.2) is 78.9 Å². The minimum absolute atomic E-state index is 0.0237. The maximum absolute atomic E-state index is 13.7. The fraction of sp³-hybridized carbons (Fsp3) is 0.154. The third-order valence-corrected chi connectivity index (χ3v) is 6.89. The van der Waals surface area contributed by atoms with Crippen molar-refractivity contribution in [3.8, 4) is 5.75 Å². The average Bonchev–Trinajstić information content (AvgIpc) is 3.33. The highest BCUT2D eigenvalue weighted by Crippen LogP contribution is 2.45. The van der Waals surface area contributed by atoms with E-state index in [-0.39, 0.29) is 18.0 Å². The van der Waals surface area contributed by atoms with E-state index < -0.39 is 0 Å². The van der Waals surface area contributed by atoms with E-state index in [0.717, 1.165) is 33.6 Å². The molecular formula is C26H21N3O2S. The van der Waals surface area contributed by atoms with Gasteiger partial charge in [0.1, 0.15) is 11.8 Å². The zero-order valence-corrected chi connectivity index (χ0v) is 18.3. The number of methoxy groups -OCH3 is 1. The van der Waals surface area contributed by atoms with Gasteiger partial charge in [-0.25, -0.2) is 0 Å². The van der Waals surface area contributed by atoms with Gasteiger partial charge in [-0.3, -0.25) is 9.69 Å². The van der Waals surface area contributed by atoms with E-state index >= 15 is 0 Å². The highest BCUT2D eigenvalue weighted by atomic mass is 32.1. The first kappa shape index (κ1) is 19.1. The first-order valence-corrected chi connectivity index (χ1v) is 11.0. The van der Waals surface area contributed by atoms with E-state index in [1.807, 2.05) is 54.6 Å². The monoisotopic (exact) mass is 439 g/mol. The Hall–Kier alpha value is -3.64. The number of aromatic amines is 1. The lowest BCUT2D eigenvalue weighted by Gasteiger charge is -2.37. The summed E-state index contributed by atoms with van der Waals surface area (Å²) in [4.78, 5) is 21.1. The fourth-order valence-electron chi connectivity index (χ4n) is 5.02. The van der Waals surface area contributed by atoms with Crippen molar-refractivity contribution in [3.05, 3.63) is 95.7 Å². The number of thiocarbonyl (C=S) groups is 1. The molecular weight excluding hydrogens is 418 g/mol. The Morgan fingerprint density at radius 3 is 2.44 bits per heavy atom. The Kier molecular flexibility index (Phi) is 4.30. The quantitative estimate of drug-likeness (QED) is 0.465. The number of aromatic nitrogens is 1. The number of H-pyrrole nitrogens is 1. The summed E-state index contributed by atoms with van der Waals surface area (Å²) in [5, 5.41) is 1.70. The predicted molar refractivity (Wildman–Crippen MR) is 129 cm³/mol. The molecule has 0 spiro atoms. The molecule has 4 aromatic rings. The van der Waals surface area contributed by atoms with Crippen molar-refractivity contribution in [3.63, 3.8) is 0 Å². The normalized spacial score (nSPS) is 19.9. The summed E-state index contributed by atoms with van der Waals surface area (Å²) in [6.45, 7) is 0. The number of nitrogens with zero attached hydrogens (tertiary/aromatic N) is 2. The zero-order chi connectivity index (χ0) is 21.8. The molecule has 1 saturated heterocycles. The summed E-state index contributed by atoms with van der Waals surface area (Å²) in [6, 6.07) is 25.4. The van der Waals surface area contributed by atoms with Crippen molar-refractivity contribution >= 4 is 39.8 Å². The van der Waals surface area contributed by atoms with E-state index in [1.54, 1.807) is 12.0 Å². The molecule has 1 N–H and O–H groups in total. The second-order valence-electron chi connectivity index (χ2n) is 8.16. The third-order valence-electron chi connectivity index (χ3n) is 6.50. The van der Waals surface area contributed by atoms with Gasteiger partial charge in [0.15, 0.2) is 5.11 Å². The SMILES string of the molecule is COc1ccc([C@@H]2c3[nH]c4ccccc4c3C[C@@H]3C(=O)N(c4ccccc4)C(=S)N23)cc1. The number of carbonyl (C=O) groups is 1. The summed E-state index contributed by atoms with van der Waals surface area (Å²) >= 11 is 5.93. The molecule has 0 bridgehead atoms. The number of fused-ring (bicyclic) bond motifs is 4. The van der Waals surface area contributed by atoms with Crippen LogP contribution < -0.4 is 9.64 Å². The van der Waals surface area contributed by atoms with Gasteiger partial charge in [0.2, 0.25) is 0 Å². The van der Waals surface area contributed by atoms with E-state index in [2.05, 4.69) is 34.1 Å². The minimum atomic E-state index is -0.346. The van der Waals surface area contributed by atoms with Gasteiger partial charge in [-0.15, -0.1) is 0 Å². The molecule has 2 atom stereocenters. The van der Waals surface area contributed by atoms with Crippen LogP contribution >= 0.6 is 12.2 Å². The molecule has 1 amide bonds. The van der Waals surface area contributed by atoms with Crippen molar-refractivity contribution in [2.75, 3.05) is 12.0 Å². The Balaban J connectivity index is 1.54. The highest BCUT2D eigenvalue weighted by molar-refractivity contribution is 7.80. The van der Waals surface area contributed by atoms with Crippen LogP contribution in [0, 0.1) is 0 Å². The zero-order valence-electron chi connectivity index (χ0n) is 17.5. The molecule has 3 heterocycles. The van der Waals surface area contributed by atoms with Crippen LogP contribution in [0.3, 0.4) is 0 Å². The maximum atomic E-state index is 13.7. The largest absolute Gasteiger partial charge is 0.497 e. The van der Waals surface area contributed by atoms with E-state index in [9.17, 15) is 4.79 Å². The van der Waals surface area contributed by atoms with E-state index in [0.29, 0.717) is 11.5 Å². The van der Waals surface area contributed by atoms with Gasteiger partial charge in [0.25, 0.3) is 5.91 Å². The predicted octanol–water partition coefficient (Wildman–Crippen LogP) is 4.82. The van der Waals surface area contributed by atoms with Crippen molar-refractivity contribution < 1.29 is 9.53 Å². The van der Waals surface area contributed by atoms with Crippen molar-refractivity contribution in [2.45, 2.75) is 18.5 Å². The van der Waals surface area contributed by atoms with Gasteiger partial charge in [-0.2, -0.15) is 0 Å². The summed E-state index contributed by atoms with van der Waals surface area (Å²) in [5.74, 6) is 0.819. The number of ether oxygens (including phenoxy) is 1. The third kappa shape index (κ3) is 2.69. The average molecular weight is 440 g/mol. The molecule has 3 aromatic carbocycles. The van der Waals surface area contributed by atoms with Crippen LogP contribution in [0.1, 0.15) is 22.9 Å². The number of carbonyl (C=O) groups excluding carboxylic acids is 1. The molecule has 6 rings (SSSR count). The smallest absolute Gasteiger partial charge is 0.256 e. The molecule has 5 nitrogen and oxygen atoms in total. The van der Waals surface area contributed by atoms with E-state index in [4.69, 9.17) is 17.0 Å². The van der Waals surface area contributed by atoms with Crippen LogP contribution in [0.4, 0.5) is 5.69 Å². The lowest BCUT2D eigenvalue weighted by Crippen LogP contribution is -2.44. The summed E-state index contributed by atoms with van der Waals surface area (Å²) < 4.78 is 5.36. The van der Waals surface area contributed by atoms with Crippen molar-refractivity contribution in [1.29, 1.82) is 0 Å². The van der Waals surface area contributed by atoms with Crippen LogP contribution in [0.5, 0.6) is 5.75 Å². The van der Waals surface area contributed by atoms with Gasteiger partial charge in [-0.05, 0) is 53.7 Å². The molecule has 0 radical (unpaired) electrons. The van der Waals surface area contributed by atoms with Gasteiger partial charge < -0.3 is 14.6 Å². The standard InChI is InChI=1S/C26H21N3O2S/c1-31-18-13-11-16(12-14-18)24-23-20(19-9-5-6-10-21(19)27-23)15-22-25(30)28(26(32)29(22)24)17-7-3-2-4-8-17/h2-14,22,24,27H,15H2,1H3/t22-,24-/m1/s1. The summed E-state index contributed by atoms with van der Waals surface area (Å²) in [6.07, 6.45) is 0.619. The Morgan fingerprint density at radius 1 is 0.969 bits per heavy atom. The molecule has 0 saturated carbocycles. The molecule has 2 aliphatic heterocycles. The van der Waals surface area contributed by atoms with Crippen LogP contribution in [0.25, 0.3) is 10.9 Å². The maximum Gasteiger partial charge on any atom is 0.256 e. The van der Waals surface area contributed by atoms with Gasteiger partial charge in [0.05, 0.1) is 18.8 Å². The van der Waals surface area contributed by atoms with Gasteiger partial charge in [-0.1, -0.05) is 48.5 Å². The number of amides is 1. The lowest BCUT2D eigenvalue weighted by molar-refractivity contribution is -0.120. The van der Waals surface area contributed by atoms with Gasteiger partial charge in [0, 0.05) is 23.0 Å². The summed E-state index contributed by atoms with van der Waals surface area (Å²) in [7, 11) is 1.66. The number of anilines is 1. The molecule has 158 valence electrons. The number of para-hydroxylation sites is 2. The second kappa shape index (κ2) is 7.21. The number of rotatable bonds is 3. The van der Waals surface area contributed by atoms with Crippen molar-refractivity contribution in [2.24, 2.45) is 0 Å². The Morgan fingerprint density at radius 2 is 1.69 bits per heavy atom. The Bertz CT molecular complexity index is 1350. The van der Waals surface area contributed by atoms with Crippen LogP contribution in [0.2, 0.25) is 0 Å². The van der Waals surface area contributed by atoms with Crippen LogP contribution in [-0.2, 0) is 11.2 Å². The number of benzene rings is 3. The fourth-order valence-corrected chi connectivity index (χ4v) is 5.45. The number of hydrogen-bond acceptors (Lipinski definition) is 3. The number of nitrogens with one attached hydrogen (secondary N) is 1. The molecule has 1 aromatic heterocycles. The minimum Gasteiger partial charge on any atom is -0.497 e. The summed E-state index contributed by atoms with van der Waals surface area (Å²) in [5.41, 5.74) is 5.23. The molecule has 2 aliphatic rings. The highest BCUT2D eigenvalue weighted by Gasteiger charge is 2.50. The van der Waals surface area contributed by atoms with Crippen LogP contribution in [-0.4, -0.2) is 34.1 Å². The molecule has 32 heavy (non-hydrogen) atoms. The topological polar surface area (TPSA) is 48.6 Å². The van der Waals surface area contributed by atoms with Gasteiger partial charge >= 0.3 is 0 Å². The first-order chi connectivity index (χ1) is 15.7. The molecule has 6 heteroatoms. The first-order valence-electron chi connectivity index (χ1n) is 10.6. The molecule has 1 fully saturated rings. The Labute approximate surface area is 191 Å². The van der Waals surface area contributed by atoms with Crippen molar-refractivity contribution in [1.82, 2.24) is 9.88 Å². The lowest BCUT2D eigenvalue weighted by atomic mass is 9.89. The number of hydrogen-bond donors (Lipinski definition) is 1.